The molecular formula is C17H18FNO3. The van der Waals surface area contributed by atoms with E-state index in [1.165, 1.54) is 12.1 Å². The van der Waals surface area contributed by atoms with Crippen molar-refractivity contribution in [3.8, 4) is 0 Å². The minimum Gasteiger partial charge on any atom is -0.455 e. The van der Waals surface area contributed by atoms with E-state index in [-0.39, 0.29) is 42.7 Å². The molecule has 0 saturated heterocycles. The topological polar surface area (TPSA) is 55.4 Å². The number of esters is 1. The summed E-state index contributed by atoms with van der Waals surface area (Å²) < 4.78 is 17.9. The Morgan fingerprint density at radius 2 is 1.95 bits per heavy atom. The zero-order valence-corrected chi connectivity index (χ0v) is 12.1. The second-order valence-corrected chi connectivity index (χ2v) is 5.90. The third-order valence-electron chi connectivity index (χ3n) is 4.33. The van der Waals surface area contributed by atoms with E-state index >= 15 is 0 Å². The van der Waals surface area contributed by atoms with Crippen LogP contribution in [0.2, 0.25) is 0 Å². The van der Waals surface area contributed by atoms with Crippen LogP contribution >= 0.6 is 0 Å². The molecule has 1 amide bonds. The van der Waals surface area contributed by atoms with Crippen molar-refractivity contribution in [1.29, 1.82) is 0 Å². The van der Waals surface area contributed by atoms with Crippen molar-refractivity contribution in [2.75, 3.05) is 6.61 Å². The van der Waals surface area contributed by atoms with Crippen molar-refractivity contribution in [1.82, 2.24) is 5.32 Å². The molecule has 1 saturated carbocycles. The molecule has 0 heterocycles. The Morgan fingerprint density at radius 3 is 2.59 bits per heavy atom. The fraction of sp³-hybridized carbons (Fsp3) is 0.412. The normalized spacial score (nSPS) is 25.2. The molecule has 0 spiro atoms. The third-order valence-corrected chi connectivity index (χ3v) is 4.33. The number of allylic oxidation sites excluding steroid dienone is 2. The Morgan fingerprint density at radius 1 is 1.18 bits per heavy atom. The van der Waals surface area contributed by atoms with Gasteiger partial charge in [0, 0.05) is 6.54 Å². The van der Waals surface area contributed by atoms with Crippen molar-refractivity contribution < 1.29 is 18.7 Å². The fourth-order valence-corrected chi connectivity index (χ4v) is 3.15. The second kappa shape index (κ2) is 6.30. The monoisotopic (exact) mass is 303 g/mol. The van der Waals surface area contributed by atoms with Crippen LogP contribution in [-0.2, 0) is 20.9 Å². The van der Waals surface area contributed by atoms with Crippen molar-refractivity contribution in [3.05, 3.63) is 47.8 Å². The highest BCUT2D eigenvalue weighted by atomic mass is 19.1. The molecule has 22 heavy (non-hydrogen) atoms. The third kappa shape index (κ3) is 3.35. The molecule has 0 radical (unpaired) electrons. The maximum atomic E-state index is 12.8. The molecule has 0 unspecified atom stereocenters. The molecule has 2 aliphatic carbocycles. The lowest BCUT2D eigenvalue weighted by atomic mass is 9.94. The van der Waals surface area contributed by atoms with Crippen LogP contribution in [0.25, 0.3) is 0 Å². The first kappa shape index (κ1) is 14.8. The lowest BCUT2D eigenvalue weighted by Crippen LogP contribution is -2.30. The number of nitrogens with one attached hydrogen (secondary N) is 1. The van der Waals surface area contributed by atoms with Gasteiger partial charge in [0.2, 0.25) is 0 Å². The lowest BCUT2D eigenvalue weighted by Gasteiger charge is -2.16. The summed E-state index contributed by atoms with van der Waals surface area (Å²) in [5.41, 5.74) is 0.791. The Labute approximate surface area is 128 Å². The Hall–Kier alpha value is -2.17. The van der Waals surface area contributed by atoms with Crippen molar-refractivity contribution >= 4 is 11.9 Å². The summed E-state index contributed by atoms with van der Waals surface area (Å²) in [6.45, 7) is 0.0190. The van der Waals surface area contributed by atoms with Crippen LogP contribution in [0.15, 0.2) is 36.4 Å². The number of hydrogen-bond acceptors (Lipinski definition) is 3. The maximum absolute atomic E-state index is 12.8. The predicted molar refractivity (Wildman–Crippen MR) is 78.0 cm³/mol. The minimum atomic E-state index is -0.351. The van der Waals surface area contributed by atoms with Crippen molar-refractivity contribution in [3.63, 3.8) is 0 Å². The highest BCUT2D eigenvalue weighted by molar-refractivity contribution is 5.81. The number of fused-ring (bicyclic) bond motifs is 2. The number of ether oxygens (including phenoxy) is 1. The number of rotatable bonds is 5. The standard InChI is InChI=1S/C17H18FNO3/c18-14-5-2-11(3-6-14)9-19-16(20)10-22-17(21)15-8-12-1-4-13(15)7-12/h1-6,12-13,15H,7-10H2,(H,19,20)/t12-,13-,15+/m0/s1. The van der Waals surface area contributed by atoms with E-state index in [9.17, 15) is 14.0 Å². The van der Waals surface area contributed by atoms with E-state index in [0.717, 1.165) is 18.4 Å². The molecule has 1 aromatic carbocycles. The average molecular weight is 303 g/mol. The largest absolute Gasteiger partial charge is 0.455 e. The molecular weight excluding hydrogens is 285 g/mol. The molecule has 4 nitrogen and oxygen atoms in total. The molecule has 3 atom stereocenters. The van der Waals surface area contributed by atoms with E-state index in [1.807, 2.05) is 0 Å². The SMILES string of the molecule is O=C(COC(=O)[C@@H]1C[C@H]2C=C[C@H]1C2)NCc1ccc(F)cc1. The molecule has 3 rings (SSSR count). The quantitative estimate of drug-likeness (QED) is 0.670. The van der Waals surface area contributed by atoms with Crippen LogP contribution in [0, 0.1) is 23.6 Å². The summed E-state index contributed by atoms with van der Waals surface area (Å²) >= 11 is 0. The Kier molecular flexibility index (Phi) is 4.22. The number of halogens is 1. The summed E-state index contributed by atoms with van der Waals surface area (Å²) in [5, 5.41) is 2.65. The first-order chi connectivity index (χ1) is 10.6. The van der Waals surface area contributed by atoms with Gasteiger partial charge in [-0.15, -0.1) is 0 Å². The van der Waals surface area contributed by atoms with Crippen molar-refractivity contribution in [2.24, 2.45) is 17.8 Å². The molecule has 1 fully saturated rings. The smallest absolute Gasteiger partial charge is 0.310 e. The number of benzene rings is 1. The van der Waals surface area contributed by atoms with Crippen LogP contribution in [0.1, 0.15) is 18.4 Å². The van der Waals surface area contributed by atoms with Crippen LogP contribution in [0.5, 0.6) is 0 Å². The van der Waals surface area contributed by atoms with E-state index in [4.69, 9.17) is 4.74 Å². The van der Waals surface area contributed by atoms with Gasteiger partial charge in [-0.05, 0) is 42.4 Å². The van der Waals surface area contributed by atoms with Gasteiger partial charge >= 0.3 is 5.97 Å². The van der Waals surface area contributed by atoms with E-state index in [1.54, 1.807) is 12.1 Å². The van der Waals surface area contributed by atoms with E-state index in [2.05, 4.69) is 17.5 Å². The molecule has 0 aliphatic heterocycles. The molecule has 1 N–H and O–H groups in total. The second-order valence-electron chi connectivity index (χ2n) is 5.90. The summed E-state index contributed by atoms with van der Waals surface area (Å²) in [4.78, 5) is 23.7. The highest BCUT2D eigenvalue weighted by Crippen LogP contribution is 2.43. The van der Waals surface area contributed by atoms with Gasteiger partial charge in [-0.1, -0.05) is 24.3 Å². The molecule has 0 aromatic heterocycles. The molecule has 2 aliphatic rings. The number of carbonyl (C=O) groups is 2. The number of hydrogen-bond donors (Lipinski definition) is 1. The van der Waals surface area contributed by atoms with Crippen molar-refractivity contribution in [2.45, 2.75) is 19.4 Å². The summed E-state index contributed by atoms with van der Waals surface area (Å²) in [5.74, 6) is -0.274. The van der Waals surface area contributed by atoms with Gasteiger partial charge in [-0.3, -0.25) is 9.59 Å². The molecule has 2 bridgehead atoms. The van der Waals surface area contributed by atoms with E-state index < -0.39 is 0 Å². The van der Waals surface area contributed by atoms with Crippen LogP contribution < -0.4 is 5.32 Å². The molecule has 1 aromatic rings. The average Bonchev–Trinajstić information content (AvgIpc) is 3.15. The Balaban J connectivity index is 1.40. The van der Waals surface area contributed by atoms with Crippen LogP contribution in [-0.4, -0.2) is 18.5 Å². The molecule has 5 heteroatoms. The summed E-state index contributed by atoms with van der Waals surface area (Å²) in [6.07, 6.45) is 6.09. The highest BCUT2D eigenvalue weighted by Gasteiger charge is 2.40. The zero-order chi connectivity index (χ0) is 15.5. The van der Waals surface area contributed by atoms with Crippen LogP contribution in [0.3, 0.4) is 0 Å². The Bertz CT molecular complexity index is 596. The van der Waals surface area contributed by atoms with Gasteiger partial charge in [0.05, 0.1) is 5.92 Å². The molecule has 116 valence electrons. The number of carbonyl (C=O) groups excluding carboxylic acids is 2. The first-order valence-corrected chi connectivity index (χ1v) is 7.48. The van der Waals surface area contributed by atoms with E-state index in [0.29, 0.717) is 5.92 Å². The van der Waals surface area contributed by atoms with Gasteiger partial charge in [-0.25, -0.2) is 4.39 Å². The zero-order valence-electron chi connectivity index (χ0n) is 12.1. The summed E-state index contributed by atoms with van der Waals surface area (Å²) in [6, 6.07) is 5.88. The minimum absolute atomic E-state index is 0.0973. The van der Waals surface area contributed by atoms with Crippen LogP contribution in [0.4, 0.5) is 4.39 Å². The summed E-state index contributed by atoms with van der Waals surface area (Å²) in [7, 11) is 0. The fourth-order valence-electron chi connectivity index (χ4n) is 3.15. The lowest BCUT2D eigenvalue weighted by molar-refractivity contribution is -0.153. The van der Waals surface area contributed by atoms with Gasteiger partial charge in [0.25, 0.3) is 5.91 Å². The first-order valence-electron chi connectivity index (χ1n) is 7.48. The van der Waals surface area contributed by atoms with Gasteiger partial charge < -0.3 is 10.1 Å². The maximum Gasteiger partial charge on any atom is 0.310 e. The predicted octanol–water partition coefficient (Wildman–Crippen LogP) is 2.20. The number of amides is 1. The van der Waals surface area contributed by atoms with Gasteiger partial charge in [0.1, 0.15) is 5.82 Å². The van der Waals surface area contributed by atoms with Gasteiger partial charge in [-0.2, -0.15) is 0 Å². The van der Waals surface area contributed by atoms with Gasteiger partial charge in [0.15, 0.2) is 6.61 Å².